The number of halogens is 3. The summed E-state index contributed by atoms with van der Waals surface area (Å²) in [6.07, 6.45) is -2.92. The lowest BCUT2D eigenvalue weighted by molar-refractivity contribution is -0.155. The van der Waals surface area contributed by atoms with Gasteiger partial charge in [-0.05, 0) is 63.9 Å². The summed E-state index contributed by atoms with van der Waals surface area (Å²) >= 11 is 0.592. The summed E-state index contributed by atoms with van der Waals surface area (Å²) in [6.45, 7) is 8.13. The predicted octanol–water partition coefficient (Wildman–Crippen LogP) is 5.79. The number of nitrogen functional groups attached to an aromatic ring is 1. The number of oxazole rings is 1. The largest absolute Gasteiger partial charge is 0.463 e. The van der Waals surface area contributed by atoms with Gasteiger partial charge in [-0.1, -0.05) is 24.3 Å². The van der Waals surface area contributed by atoms with E-state index < -0.39 is 33.9 Å². The van der Waals surface area contributed by atoms with Crippen LogP contribution in [0.1, 0.15) is 50.1 Å². The molecule has 3 aromatic rings. The quantitative estimate of drug-likeness (QED) is 0.151. The van der Waals surface area contributed by atoms with Crippen molar-refractivity contribution in [2.24, 2.45) is 5.41 Å². The summed E-state index contributed by atoms with van der Waals surface area (Å²) in [4.78, 5) is 25.3. The van der Waals surface area contributed by atoms with E-state index in [1.165, 1.54) is 19.1 Å². The number of hydrogen-bond donors (Lipinski definition) is 4. The zero-order valence-corrected chi connectivity index (χ0v) is 23.5. The van der Waals surface area contributed by atoms with Gasteiger partial charge in [0.25, 0.3) is 10.9 Å². The average Bonchev–Trinajstić information content (AvgIpc) is 3.18. The number of aromatic nitrogens is 1. The van der Waals surface area contributed by atoms with Crippen molar-refractivity contribution in [3.05, 3.63) is 76.8 Å². The molecular weight excluding hydrogens is 547 g/mol. The number of carbonyl (C=O) groups is 2. The highest BCUT2D eigenvalue weighted by atomic mass is 32.2. The second-order valence-electron chi connectivity index (χ2n) is 10.5. The molecule has 0 radical (unpaired) electrons. The van der Waals surface area contributed by atoms with Gasteiger partial charge in [-0.15, -0.1) is 0 Å². The Morgan fingerprint density at radius 3 is 2.35 bits per heavy atom. The number of alkyl halides is 3. The van der Waals surface area contributed by atoms with Gasteiger partial charge in [-0.2, -0.15) is 13.2 Å². The van der Waals surface area contributed by atoms with Gasteiger partial charge in [0, 0.05) is 18.1 Å². The number of esters is 1. The molecule has 3 rings (SSSR count). The molecule has 0 aliphatic rings. The van der Waals surface area contributed by atoms with Crippen LogP contribution in [0, 0.1) is 17.7 Å². The highest BCUT2D eigenvalue weighted by Crippen LogP contribution is 2.34. The van der Waals surface area contributed by atoms with E-state index in [1.54, 1.807) is 56.7 Å². The van der Waals surface area contributed by atoms with Crippen LogP contribution in [0.2, 0.25) is 0 Å². The second-order valence-corrected chi connectivity index (χ2v) is 11.3. The molecule has 0 saturated heterocycles. The third-order valence-corrected chi connectivity index (χ3v) is 6.77. The summed E-state index contributed by atoms with van der Waals surface area (Å²) in [6, 6.07) is 9.64. The molecular formula is C27H32F3N5O4S. The van der Waals surface area contributed by atoms with Crippen LogP contribution >= 0.6 is 11.9 Å². The maximum absolute atomic E-state index is 13.4. The topological polar surface area (TPSA) is 135 Å². The monoisotopic (exact) mass is 579 g/mol. The molecule has 5 N–H and O–H groups in total. The number of hydrogen-bond acceptors (Lipinski definition) is 8. The third kappa shape index (κ3) is 7.69. The van der Waals surface area contributed by atoms with Crippen LogP contribution in [0.25, 0.3) is 0 Å². The zero-order chi connectivity index (χ0) is 29.9. The molecule has 1 atom stereocenters. The molecule has 0 spiro atoms. The van der Waals surface area contributed by atoms with Crippen molar-refractivity contribution < 1.29 is 31.9 Å². The molecule has 0 saturated carbocycles. The number of nitrogens with one attached hydrogen (secondary N) is 3. The fourth-order valence-electron chi connectivity index (χ4n) is 3.61. The number of anilines is 2. The first-order valence-electron chi connectivity index (χ1n) is 12.2. The number of ether oxygens (including phenoxy) is 1. The van der Waals surface area contributed by atoms with Crippen LogP contribution in [-0.4, -0.2) is 22.4 Å². The molecule has 1 unspecified atom stereocenters. The number of benzene rings is 2. The summed E-state index contributed by atoms with van der Waals surface area (Å²) in [7, 11) is 0. The maximum Gasteiger partial charge on any atom is 0.416 e. The van der Waals surface area contributed by atoms with Gasteiger partial charge in [0.1, 0.15) is 12.4 Å². The van der Waals surface area contributed by atoms with E-state index >= 15 is 0 Å². The highest BCUT2D eigenvalue weighted by Gasteiger charge is 2.36. The second kappa shape index (κ2) is 11.8. The first-order valence-corrected chi connectivity index (χ1v) is 13.0. The number of nitrogens with two attached hydrogens (primary N) is 1. The van der Waals surface area contributed by atoms with Crippen LogP contribution in [0.5, 0.6) is 0 Å². The van der Waals surface area contributed by atoms with Gasteiger partial charge in [0.05, 0.1) is 34.4 Å². The Kier molecular flexibility index (Phi) is 9.10. The van der Waals surface area contributed by atoms with E-state index in [2.05, 4.69) is 10.0 Å². The van der Waals surface area contributed by atoms with Crippen LogP contribution in [0.4, 0.5) is 29.3 Å². The molecule has 0 aliphatic heterocycles. The Morgan fingerprint density at radius 1 is 1.10 bits per heavy atom. The Labute approximate surface area is 233 Å². The standard InChI is InChI=1S/C27H32F3N5O4S/c1-16-13-35(23(32)39-16)14-17-8-6-11-20(21(17)31)33-24(37)40-34-26(5,15-38-22(36)25(2,3)4)18-9-7-10-19(12-18)27(28,29)30/h6-13,32,34H,14-15,31H2,1-5H3,(H,33,37). The molecule has 13 heteroatoms. The molecule has 0 bridgehead atoms. The lowest BCUT2D eigenvalue weighted by atomic mass is 9.92. The van der Waals surface area contributed by atoms with Crippen LogP contribution in [0.3, 0.4) is 0 Å². The Bertz CT molecular complexity index is 1440. The number of rotatable bonds is 8. The smallest absolute Gasteiger partial charge is 0.416 e. The van der Waals surface area contributed by atoms with Crippen molar-refractivity contribution in [1.82, 2.24) is 9.29 Å². The molecule has 1 aromatic heterocycles. The predicted molar refractivity (Wildman–Crippen MR) is 146 cm³/mol. The van der Waals surface area contributed by atoms with Crippen LogP contribution in [0.15, 0.2) is 53.1 Å². The number of nitrogens with zero attached hydrogens (tertiary/aromatic N) is 1. The molecule has 216 valence electrons. The number of amides is 1. The minimum atomic E-state index is -4.58. The number of aryl methyl sites for hydroxylation is 1. The van der Waals surface area contributed by atoms with E-state index in [1.807, 2.05) is 0 Å². The minimum Gasteiger partial charge on any atom is -0.463 e. The molecule has 0 fully saturated rings. The highest BCUT2D eigenvalue weighted by molar-refractivity contribution is 8.12. The molecule has 1 heterocycles. The number of para-hydroxylation sites is 1. The normalized spacial score (nSPS) is 13.5. The molecule has 0 aliphatic carbocycles. The van der Waals surface area contributed by atoms with E-state index in [0.717, 1.165) is 12.1 Å². The Morgan fingerprint density at radius 2 is 1.75 bits per heavy atom. The summed E-state index contributed by atoms with van der Waals surface area (Å²) in [5.41, 5.74) is 4.55. The van der Waals surface area contributed by atoms with E-state index in [0.29, 0.717) is 29.0 Å². The SMILES string of the molecule is Cc1cn(Cc2cccc(NC(=O)SNC(C)(COC(=O)C(C)(C)C)c3cccc(C(F)(F)F)c3)c2N)c(=N)o1. The van der Waals surface area contributed by atoms with Crippen molar-refractivity contribution >= 4 is 34.5 Å². The van der Waals surface area contributed by atoms with Gasteiger partial charge in [0.2, 0.25) is 0 Å². The summed E-state index contributed by atoms with van der Waals surface area (Å²) in [5, 5.41) is 9.96. The first-order chi connectivity index (χ1) is 18.5. The lowest BCUT2D eigenvalue weighted by Crippen LogP contribution is -2.43. The Hall–Kier alpha value is -3.71. The first kappa shape index (κ1) is 30.8. The van der Waals surface area contributed by atoms with Crippen molar-refractivity contribution in [2.45, 2.75) is 52.9 Å². The lowest BCUT2D eigenvalue weighted by Gasteiger charge is -2.31. The van der Waals surface area contributed by atoms with Crippen molar-refractivity contribution in [3.8, 4) is 0 Å². The Balaban J connectivity index is 1.79. The number of carbonyl (C=O) groups excluding carboxylic acids is 2. The van der Waals surface area contributed by atoms with E-state index in [-0.39, 0.29) is 30.1 Å². The zero-order valence-electron chi connectivity index (χ0n) is 22.7. The van der Waals surface area contributed by atoms with Crippen molar-refractivity contribution in [3.63, 3.8) is 0 Å². The third-order valence-electron chi connectivity index (χ3n) is 5.93. The van der Waals surface area contributed by atoms with Gasteiger partial charge in [-0.3, -0.25) is 19.6 Å². The van der Waals surface area contributed by atoms with Gasteiger partial charge >= 0.3 is 12.1 Å². The molecule has 1 amide bonds. The van der Waals surface area contributed by atoms with E-state index in [4.69, 9.17) is 20.3 Å². The maximum atomic E-state index is 13.4. The van der Waals surface area contributed by atoms with Gasteiger partial charge in [0.15, 0.2) is 0 Å². The fourth-order valence-corrected chi connectivity index (χ4v) is 4.26. The van der Waals surface area contributed by atoms with Crippen LogP contribution < -0.4 is 21.5 Å². The summed E-state index contributed by atoms with van der Waals surface area (Å²) in [5.74, 6) is 0.0144. The fraction of sp³-hybridized carbons (Fsp3) is 0.370. The molecule has 9 nitrogen and oxygen atoms in total. The molecule has 40 heavy (non-hydrogen) atoms. The minimum absolute atomic E-state index is 0.0490. The van der Waals surface area contributed by atoms with Gasteiger partial charge < -0.3 is 20.2 Å². The van der Waals surface area contributed by atoms with Gasteiger partial charge in [-0.25, -0.2) is 4.72 Å². The molecule has 2 aromatic carbocycles. The van der Waals surface area contributed by atoms with Crippen molar-refractivity contribution in [1.29, 1.82) is 5.41 Å². The van der Waals surface area contributed by atoms with Crippen LogP contribution in [-0.2, 0) is 27.8 Å². The summed E-state index contributed by atoms with van der Waals surface area (Å²) < 4.78 is 55.3. The van der Waals surface area contributed by atoms with Crippen molar-refractivity contribution in [2.75, 3.05) is 17.7 Å². The average molecular weight is 580 g/mol. The van der Waals surface area contributed by atoms with E-state index in [9.17, 15) is 22.8 Å².